The first-order chi connectivity index (χ1) is 49.1. The summed E-state index contributed by atoms with van der Waals surface area (Å²) in [7, 11) is 0. The Bertz CT molecular complexity index is 3430. The van der Waals surface area contributed by atoms with E-state index in [4.69, 9.17) is 5.73 Å². The number of carbonyl (C=O) groups is 17. The third-order valence-corrected chi connectivity index (χ3v) is 16.3. The predicted octanol–water partition coefficient (Wildman–Crippen LogP) is -10.0. The van der Waals surface area contributed by atoms with Crippen molar-refractivity contribution in [2.24, 2.45) is 11.7 Å². The molecule has 1 saturated heterocycles. The maximum Gasteiger partial charge on any atom is 0.326 e. The number of aliphatic hydroxyl groups excluding tert-OH is 4. The highest BCUT2D eigenvalue weighted by molar-refractivity contribution is 7.80. The van der Waals surface area contributed by atoms with Gasteiger partial charge < -0.3 is 126 Å². The molecule has 1 aromatic heterocycles. The molecular formula is C62H93N17O25S. The van der Waals surface area contributed by atoms with E-state index in [0.717, 1.165) is 32.6 Å². The number of aromatic amines is 1. The normalized spacial score (nSPS) is 17.2. The van der Waals surface area contributed by atoms with Crippen LogP contribution in [-0.2, 0) is 94.3 Å². The second kappa shape index (κ2) is 42.2. The number of aromatic nitrogens is 2. The van der Waals surface area contributed by atoms with E-state index in [2.05, 4.69) is 91.7 Å². The summed E-state index contributed by atoms with van der Waals surface area (Å²) in [6, 6.07) is -17.1. The third kappa shape index (κ3) is 28.5. The van der Waals surface area contributed by atoms with Gasteiger partial charge in [-0.25, -0.2) is 9.78 Å². The van der Waals surface area contributed by atoms with E-state index in [1.54, 1.807) is 0 Å². The van der Waals surface area contributed by atoms with Gasteiger partial charge in [-0.1, -0.05) is 26.0 Å². The Balaban J connectivity index is 1.79. The summed E-state index contributed by atoms with van der Waals surface area (Å²) in [6.07, 6.45) is -7.29. The summed E-state index contributed by atoms with van der Waals surface area (Å²) in [5.41, 5.74) is 5.81. The fourth-order valence-electron chi connectivity index (χ4n) is 10.1. The van der Waals surface area contributed by atoms with Gasteiger partial charge in [0.25, 0.3) is 0 Å². The number of hydrogen-bond donors (Lipinski definition) is 24. The Morgan fingerprint density at radius 1 is 0.514 bits per heavy atom. The van der Waals surface area contributed by atoms with Crippen molar-refractivity contribution < 1.29 is 122 Å². The van der Waals surface area contributed by atoms with Crippen LogP contribution in [0.3, 0.4) is 0 Å². The number of nitrogens with one attached hydrogen (secondary N) is 14. The molecule has 2 aromatic rings. The second-order valence-electron chi connectivity index (χ2n) is 25.0. The number of nitrogens with two attached hydrogens (primary N) is 1. The highest BCUT2D eigenvalue weighted by atomic mass is 32.1. The molecule has 1 fully saturated rings. The molecular weight excluding hydrogens is 1410 g/mol. The summed E-state index contributed by atoms with van der Waals surface area (Å²) in [5.74, 6) is -22.1. The molecule has 0 radical (unpaired) electrons. The van der Waals surface area contributed by atoms with Gasteiger partial charge >= 0.3 is 17.9 Å². The fraction of sp³-hybridized carbons (Fsp3) is 0.581. The maximum atomic E-state index is 14.5. The van der Waals surface area contributed by atoms with Gasteiger partial charge in [0, 0.05) is 37.0 Å². The Morgan fingerprint density at radius 3 is 1.46 bits per heavy atom. The Labute approximate surface area is 605 Å². The molecule has 0 saturated carbocycles. The number of H-pyrrole nitrogens is 1. The average molecular weight is 1510 g/mol. The number of hydrogen-bond acceptors (Lipinski definition) is 25. The zero-order chi connectivity index (χ0) is 79.4. The van der Waals surface area contributed by atoms with Gasteiger partial charge in [0.2, 0.25) is 82.7 Å². The number of imidazole rings is 1. The van der Waals surface area contributed by atoms with Gasteiger partial charge in [-0.3, -0.25) is 76.7 Å². The van der Waals surface area contributed by atoms with Crippen LogP contribution in [-0.4, -0.2) is 285 Å². The van der Waals surface area contributed by atoms with Crippen molar-refractivity contribution >= 4 is 113 Å². The molecule has 105 heavy (non-hydrogen) atoms. The highest BCUT2D eigenvalue weighted by Gasteiger charge is 2.43. The number of thiol groups is 1. The van der Waals surface area contributed by atoms with Crippen molar-refractivity contribution in [2.45, 2.75) is 197 Å². The number of carboxylic acid groups (broad SMARTS) is 3. The highest BCUT2D eigenvalue weighted by Crippen LogP contribution is 2.21. The number of nitrogens with zero attached hydrogens (tertiary/aromatic N) is 2. The zero-order valence-electron chi connectivity index (χ0n) is 58.4. The topological polar surface area (TPSA) is 666 Å². The second-order valence-corrected chi connectivity index (χ2v) is 25.4. The third-order valence-electron chi connectivity index (χ3n) is 15.9. The van der Waals surface area contributed by atoms with E-state index < -0.39 is 248 Å². The molecule has 1 aliphatic heterocycles. The van der Waals surface area contributed by atoms with E-state index in [1.165, 1.54) is 64.5 Å². The molecule has 1 aromatic carbocycles. The molecule has 2 heterocycles. The van der Waals surface area contributed by atoms with E-state index in [9.17, 15) is 122 Å². The van der Waals surface area contributed by atoms with E-state index in [-0.39, 0.29) is 37.3 Å². The smallest absolute Gasteiger partial charge is 0.326 e. The summed E-state index contributed by atoms with van der Waals surface area (Å²) in [5, 5.41) is 111. The van der Waals surface area contributed by atoms with E-state index >= 15 is 0 Å². The van der Waals surface area contributed by atoms with Crippen LogP contribution in [0.4, 0.5) is 0 Å². The Kier molecular flexibility index (Phi) is 35.6. The average Bonchev–Trinajstić information content (AvgIpc) is 1.76. The molecule has 0 bridgehead atoms. The number of carbonyl (C=O) groups excluding carboxylic acids is 14. The molecule has 582 valence electrons. The monoisotopic (exact) mass is 1510 g/mol. The summed E-state index contributed by atoms with van der Waals surface area (Å²) < 4.78 is 0. The van der Waals surface area contributed by atoms with Gasteiger partial charge in [-0.15, -0.1) is 0 Å². The molecule has 3 rings (SSSR count). The predicted molar refractivity (Wildman–Crippen MR) is 363 cm³/mol. The number of rotatable bonds is 42. The van der Waals surface area contributed by atoms with Gasteiger partial charge in [0.05, 0.1) is 56.7 Å². The Hall–Kier alpha value is -10.6. The first-order valence-electron chi connectivity index (χ1n) is 32.8. The van der Waals surface area contributed by atoms with Crippen LogP contribution < -0.4 is 74.9 Å². The lowest BCUT2D eigenvalue weighted by Crippen LogP contribution is -2.64. The van der Waals surface area contributed by atoms with Crippen molar-refractivity contribution in [3.63, 3.8) is 0 Å². The molecule has 42 nitrogen and oxygen atoms in total. The summed E-state index contributed by atoms with van der Waals surface area (Å²) in [6.45, 7) is 8.08. The lowest BCUT2D eigenvalue weighted by molar-refractivity contribution is -0.148. The van der Waals surface area contributed by atoms with Crippen molar-refractivity contribution in [3.05, 3.63) is 48.0 Å². The standard InChI is InChI=1S/C62H93N17O25S/c1-25(2)45(74-42(86)22-65-56(97)46(28(5)80)75-51(92)27(4)68-50(91)26(3)67-41(85)20-63)57(98)70-36(18-43(87)88)53(94)76-49(31(8)83)60(101)78-48(30(7)82)59(100)73-39(23-105)54(95)77-47(29(6)81)58(99)69-35(16-32-11-13-34(84)14-12-32)52(93)71-37(17-33-21-64-24-66-33)61(102)79-15-9-10-40(79)55(96)72-38(62(103)104)19-44(89)90/h11-14,21,24-31,35-40,45-49,80-84,105H,9-10,15-20,22-23,63H2,1-8H3,(H,64,66)(H,65,97)(H,67,85)(H,68,91)(H,69,99)(H,70,98)(H,71,93)(H,72,96)(H,73,100)(H,74,86)(H,75,92)(H,76,94)(H,77,95)(H,78,101)(H,87,88)(H,89,90)(H,103,104)/t26-,27-,28+,29+,30+,31+,35-,36-,37-,38-,39-,40-,45-,46-,47-,48-,49-/m0/s1. The molecule has 14 amide bonds. The van der Waals surface area contributed by atoms with Crippen LogP contribution in [0.1, 0.15) is 92.3 Å². The molecule has 0 spiro atoms. The minimum absolute atomic E-state index is 0.00328. The first-order valence-corrected chi connectivity index (χ1v) is 33.4. The SMILES string of the molecule is CC(C)[C@H](NC(=O)CNC(=O)[C@@H](NC(=O)[C@H](C)NC(=O)[C@H](C)NC(=O)CN)[C@@H](C)O)C(=O)N[C@@H](CC(=O)O)C(=O)N[C@H](C(=O)N[C@H](C(=O)N[C@@H](CS)C(=O)N[C@H](C(=O)N[C@@H](Cc1ccc(O)cc1)C(=O)N[C@@H](Cc1cnc[nH]1)C(=O)N1CCC[C@H]1C(=O)N[C@@H](CC(=O)O)C(=O)O)[C@@H](C)O)[C@@H](C)O)[C@@H](C)O. The number of aliphatic hydroxyl groups is 4. The summed E-state index contributed by atoms with van der Waals surface area (Å²) in [4.78, 5) is 232. The number of phenolic OH excluding ortho intramolecular Hbond substituents is 1. The molecule has 43 heteroatoms. The van der Waals surface area contributed by atoms with Gasteiger partial charge in [-0.2, -0.15) is 12.6 Å². The number of likely N-dealkylation sites (tertiary alicyclic amines) is 1. The number of aliphatic carboxylic acids is 3. The van der Waals surface area contributed by atoms with Gasteiger partial charge in [0.1, 0.15) is 84.3 Å². The van der Waals surface area contributed by atoms with Crippen LogP contribution in [0.15, 0.2) is 36.8 Å². The van der Waals surface area contributed by atoms with Gasteiger partial charge in [0.15, 0.2) is 0 Å². The lowest BCUT2D eigenvalue weighted by atomic mass is 10.0. The molecule has 17 atom stereocenters. The lowest BCUT2D eigenvalue weighted by Gasteiger charge is -2.31. The van der Waals surface area contributed by atoms with E-state index in [0.29, 0.717) is 5.56 Å². The van der Waals surface area contributed by atoms with E-state index in [1.807, 2.05) is 0 Å². The number of phenols is 1. The molecule has 1 aliphatic rings. The number of aromatic hydroxyl groups is 1. The minimum atomic E-state index is -2.12. The quantitative estimate of drug-likeness (QED) is 0.0275. The number of carboxylic acids is 3. The Morgan fingerprint density at radius 2 is 0.962 bits per heavy atom. The van der Waals surface area contributed by atoms with Crippen molar-refractivity contribution in [3.8, 4) is 5.75 Å². The van der Waals surface area contributed by atoms with Crippen molar-refractivity contribution in [2.75, 3.05) is 25.4 Å². The van der Waals surface area contributed by atoms with Gasteiger partial charge in [-0.05, 0) is 78.0 Å². The molecule has 0 unspecified atom stereocenters. The zero-order valence-corrected chi connectivity index (χ0v) is 59.3. The minimum Gasteiger partial charge on any atom is -0.508 e. The van der Waals surface area contributed by atoms with Crippen molar-refractivity contribution in [1.82, 2.24) is 84.0 Å². The van der Waals surface area contributed by atoms with Crippen LogP contribution in [0.5, 0.6) is 5.75 Å². The first kappa shape index (κ1) is 88.6. The maximum absolute atomic E-state index is 14.5. The fourth-order valence-corrected chi connectivity index (χ4v) is 10.4. The molecule has 24 N–H and O–H groups in total. The van der Waals surface area contributed by atoms with Crippen LogP contribution in [0.25, 0.3) is 0 Å². The van der Waals surface area contributed by atoms with Crippen LogP contribution in [0.2, 0.25) is 0 Å². The van der Waals surface area contributed by atoms with Crippen LogP contribution >= 0.6 is 12.6 Å². The molecule has 0 aliphatic carbocycles. The largest absolute Gasteiger partial charge is 0.508 e. The van der Waals surface area contributed by atoms with Crippen LogP contribution in [0, 0.1) is 5.92 Å². The number of benzene rings is 1. The number of amides is 14. The van der Waals surface area contributed by atoms with Crippen molar-refractivity contribution in [1.29, 1.82) is 0 Å². The summed E-state index contributed by atoms with van der Waals surface area (Å²) >= 11 is 4.13.